The third kappa shape index (κ3) is 6.57. The van der Waals surface area contributed by atoms with Gasteiger partial charge in [0.05, 0.1) is 5.69 Å². The van der Waals surface area contributed by atoms with Crippen LogP contribution in [-0.2, 0) is 15.0 Å². The highest BCUT2D eigenvalue weighted by Crippen LogP contribution is 2.20. The molecular weight excluding hydrogens is 353 g/mol. The first kappa shape index (κ1) is 18.2. The number of anilines is 2. The van der Waals surface area contributed by atoms with Crippen LogP contribution in [0.15, 0.2) is 53.4 Å². The van der Waals surface area contributed by atoms with Crippen molar-refractivity contribution in [2.24, 2.45) is 5.14 Å². The molecular formula is C15H16FN3O3S2. The van der Waals surface area contributed by atoms with Crippen molar-refractivity contribution >= 4 is 39.3 Å². The van der Waals surface area contributed by atoms with Crippen molar-refractivity contribution in [2.75, 3.05) is 15.8 Å². The number of nitrogens with two attached hydrogens (primary N) is 1. The lowest BCUT2D eigenvalue weighted by Crippen LogP contribution is -2.21. The van der Waals surface area contributed by atoms with Crippen LogP contribution in [-0.4, -0.2) is 20.1 Å². The molecule has 6 nitrogen and oxygen atoms in total. The molecule has 128 valence electrons. The Morgan fingerprint density at radius 3 is 2.46 bits per heavy atom. The number of halogens is 1. The van der Waals surface area contributed by atoms with E-state index in [1.807, 2.05) is 0 Å². The molecule has 0 atom stereocenters. The van der Waals surface area contributed by atoms with Crippen LogP contribution in [0.3, 0.4) is 0 Å². The lowest BCUT2D eigenvalue weighted by molar-refractivity contribution is -0.115. The molecule has 0 aliphatic heterocycles. The van der Waals surface area contributed by atoms with E-state index in [9.17, 15) is 17.6 Å². The van der Waals surface area contributed by atoms with E-state index in [0.29, 0.717) is 11.4 Å². The highest BCUT2D eigenvalue weighted by atomic mass is 32.2. The van der Waals surface area contributed by atoms with E-state index in [0.717, 1.165) is 4.90 Å². The number of benzene rings is 2. The number of nitrogens with one attached hydrogen (secondary N) is 2. The average Bonchev–Trinajstić information content (AvgIpc) is 2.48. The summed E-state index contributed by atoms with van der Waals surface area (Å²) in [5.74, 6) is 0.0227. The van der Waals surface area contributed by atoms with Gasteiger partial charge >= 0.3 is 0 Å². The number of carbonyl (C=O) groups is 1. The topological polar surface area (TPSA) is 101 Å². The Kier molecular flexibility index (Phi) is 6.18. The van der Waals surface area contributed by atoms with Gasteiger partial charge in [-0.05, 0) is 42.5 Å². The van der Waals surface area contributed by atoms with Gasteiger partial charge in [-0.15, -0.1) is 11.8 Å². The summed E-state index contributed by atoms with van der Waals surface area (Å²) in [6.45, 7) is 0. The van der Waals surface area contributed by atoms with E-state index in [1.165, 1.54) is 36.0 Å². The van der Waals surface area contributed by atoms with Gasteiger partial charge in [0.1, 0.15) is 5.82 Å². The summed E-state index contributed by atoms with van der Waals surface area (Å²) < 4.78 is 36.9. The molecule has 2 aromatic carbocycles. The fourth-order valence-corrected chi connectivity index (χ4v) is 3.15. The average molecular weight is 369 g/mol. The van der Waals surface area contributed by atoms with Gasteiger partial charge < -0.3 is 5.32 Å². The molecule has 0 aliphatic rings. The van der Waals surface area contributed by atoms with Gasteiger partial charge in [-0.1, -0.05) is 6.07 Å². The van der Waals surface area contributed by atoms with Crippen molar-refractivity contribution in [2.45, 2.75) is 11.3 Å². The van der Waals surface area contributed by atoms with Gasteiger partial charge in [-0.3, -0.25) is 9.52 Å². The number of rotatable bonds is 7. The van der Waals surface area contributed by atoms with E-state index in [4.69, 9.17) is 5.14 Å². The van der Waals surface area contributed by atoms with Crippen LogP contribution in [0.1, 0.15) is 6.42 Å². The van der Waals surface area contributed by atoms with Crippen molar-refractivity contribution in [1.82, 2.24) is 0 Å². The van der Waals surface area contributed by atoms with Crippen molar-refractivity contribution in [3.8, 4) is 0 Å². The molecule has 24 heavy (non-hydrogen) atoms. The molecule has 0 saturated heterocycles. The predicted octanol–water partition coefficient (Wildman–Crippen LogP) is 2.56. The van der Waals surface area contributed by atoms with Crippen LogP contribution >= 0.6 is 11.8 Å². The molecule has 0 aromatic heterocycles. The van der Waals surface area contributed by atoms with Crippen LogP contribution in [0.4, 0.5) is 15.8 Å². The fraction of sp³-hybridized carbons (Fsp3) is 0.133. The second-order valence-electron chi connectivity index (χ2n) is 4.83. The lowest BCUT2D eigenvalue weighted by Gasteiger charge is -2.08. The van der Waals surface area contributed by atoms with Crippen LogP contribution in [0.2, 0.25) is 0 Å². The number of amides is 1. The number of hydrogen-bond donors (Lipinski definition) is 3. The summed E-state index contributed by atoms with van der Waals surface area (Å²) in [4.78, 5) is 12.8. The lowest BCUT2D eigenvalue weighted by atomic mass is 10.3. The Balaban J connectivity index is 1.83. The molecule has 0 unspecified atom stereocenters. The first-order valence-electron chi connectivity index (χ1n) is 6.91. The molecule has 0 bridgehead atoms. The zero-order valence-corrected chi connectivity index (χ0v) is 14.2. The predicted molar refractivity (Wildman–Crippen MR) is 93.5 cm³/mol. The molecule has 0 aliphatic carbocycles. The summed E-state index contributed by atoms with van der Waals surface area (Å²) in [6.07, 6.45) is 0.259. The Labute approximate surface area is 143 Å². The first-order valence-corrected chi connectivity index (χ1v) is 9.44. The quantitative estimate of drug-likeness (QED) is 0.653. The van der Waals surface area contributed by atoms with E-state index in [2.05, 4.69) is 10.0 Å². The molecule has 2 aromatic rings. The molecule has 2 rings (SSSR count). The first-order chi connectivity index (χ1) is 11.3. The van der Waals surface area contributed by atoms with E-state index in [-0.39, 0.29) is 23.8 Å². The van der Waals surface area contributed by atoms with Gasteiger partial charge in [0, 0.05) is 22.8 Å². The second kappa shape index (κ2) is 8.13. The number of thioether (sulfide) groups is 1. The Morgan fingerprint density at radius 2 is 1.79 bits per heavy atom. The SMILES string of the molecule is NS(=O)(=O)Nc1cccc(NC(=O)CCSc2ccc(F)cc2)c1. The van der Waals surface area contributed by atoms with Gasteiger partial charge in [0.25, 0.3) is 10.2 Å². The fourth-order valence-electron chi connectivity index (χ4n) is 1.84. The smallest absolute Gasteiger partial charge is 0.296 e. The zero-order valence-electron chi connectivity index (χ0n) is 12.5. The van der Waals surface area contributed by atoms with E-state index < -0.39 is 10.2 Å². The molecule has 9 heteroatoms. The molecule has 0 heterocycles. The van der Waals surface area contributed by atoms with E-state index >= 15 is 0 Å². The third-order valence-electron chi connectivity index (χ3n) is 2.82. The largest absolute Gasteiger partial charge is 0.326 e. The Bertz CT molecular complexity index is 811. The highest BCUT2D eigenvalue weighted by Gasteiger charge is 2.06. The molecule has 1 amide bonds. The minimum absolute atomic E-state index is 0.211. The summed E-state index contributed by atoms with van der Waals surface area (Å²) in [7, 11) is -3.86. The van der Waals surface area contributed by atoms with Crippen LogP contribution in [0.5, 0.6) is 0 Å². The standard InChI is InChI=1S/C15H16FN3O3S2/c16-11-4-6-14(7-5-11)23-9-8-15(20)18-12-2-1-3-13(10-12)19-24(17,21)22/h1-7,10,19H,8-9H2,(H,18,20)(H2,17,21,22). The monoisotopic (exact) mass is 369 g/mol. The minimum Gasteiger partial charge on any atom is -0.326 e. The Hall–Kier alpha value is -2.10. The van der Waals surface area contributed by atoms with E-state index in [1.54, 1.807) is 24.3 Å². The third-order valence-corrected chi connectivity index (χ3v) is 4.35. The number of carbonyl (C=O) groups excluding carboxylic acids is 1. The molecule has 0 saturated carbocycles. The van der Waals surface area contributed by atoms with Crippen molar-refractivity contribution in [3.05, 3.63) is 54.3 Å². The van der Waals surface area contributed by atoms with Gasteiger partial charge in [-0.2, -0.15) is 8.42 Å². The van der Waals surface area contributed by atoms with Gasteiger partial charge in [0.2, 0.25) is 5.91 Å². The molecule has 0 fully saturated rings. The summed E-state index contributed by atoms with van der Waals surface area (Å²) >= 11 is 1.44. The van der Waals surface area contributed by atoms with Gasteiger partial charge in [-0.25, -0.2) is 9.53 Å². The Morgan fingerprint density at radius 1 is 1.12 bits per heavy atom. The second-order valence-corrected chi connectivity index (χ2v) is 7.29. The summed E-state index contributed by atoms with van der Waals surface area (Å²) in [5, 5.41) is 7.57. The van der Waals surface area contributed by atoms with Crippen molar-refractivity contribution in [3.63, 3.8) is 0 Å². The molecule has 4 N–H and O–H groups in total. The van der Waals surface area contributed by atoms with Crippen molar-refractivity contribution in [1.29, 1.82) is 0 Å². The number of hydrogen-bond acceptors (Lipinski definition) is 4. The summed E-state index contributed by atoms with van der Waals surface area (Å²) in [5.41, 5.74) is 0.719. The van der Waals surface area contributed by atoms with Crippen LogP contribution < -0.4 is 15.2 Å². The maximum Gasteiger partial charge on any atom is 0.296 e. The zero-order chi connectivity index (χ0) is 17.6. The maximum atomic E-state index is 12.8. The normalized spacial score (nSPS) is 11.1. The molecule has 0 spiro atoms. The van der Waals surface area contributed by atoms with Gasteiger partial charge in [0.15, 0.2) is 0 Å². The highest BCUT2D eigenvalue weighted by molar-refractivity contribution is 7.99. The van der Waals surface area contributed by atoms with Crippen LogP contribution in [0, 0.1) is 5.82 Å². The maximum absolute atomic E-state index is 12.8. The van der Waals surface area contributed by atoms with Crippen molar-refractivity contribution < 1.29 is 17.6 Å². The molecule has 0 radical (unpaired) electrons. The summed E-state index contributed by atoms with van der Waals surface area (Å²) in [6, 6.07) is 12.3. The van der Waals surface area contributed by atoms with Crippen LogP contribution in [0.25, 0.3) is 0 Å². The minimum atomic E-state index is -3.86.